The monoisotopic (exact) mass is 519 g/mol. The minimum atomic E-state index is -2.77. The zero-order chi connectivity index (χ0) is 27.8. The number of nitrogens with one attached hydrogen (secondary N) is 1. The maximum Gasteiger partial charge on any atom is 0.377 e. The van der Waals surface area contributed by atoms with Crippen LogP contribution in [-0.4, -0.2) is 89.7 Å². The van der Waals surface area contributed by atoms with Gasteiger partial charge in [0.2, 0.25) is 5.91 Å². The van der Waals surface area contributed by atoms with Crippen LogP contribution >= 0.6 is 0 Å². The minimum absolute atomic E-state index is 0.675. The number of esters is 5. The average Bonchev–Trinajstić information content (AvgIpc) is 2.69. The highest BCUT2D eigenvalue weighted by Gasteiger charge is 2.60. The predicted molar refractivity (Wildman–Crippen MR) is 113 cm³/mol. The number of carbonyl (C=O) groups excluding carboxylic acids is 6. The lowest BCUT2D eigenvalue weighted by Crippen LogP contribution is -2.69. The number of aliphatic carboxylic acids is 1. The maximum atomic E-state index is 12.2. The fourth-order valence-electron chi connectivity index (χ4n) is 3.59. The van der Waals surface area contributed by atoms with Gasteiger partial charge < -0.3 is 38.8 Å². The molecule has 1 unspecified atom stereocenters. The summed E-state index contributed by atoms with van der Waals surface area (Å²) in [6.45, 7) is 5.35. The number of carboxylic acid groups (broad SMARTS) is 1. The summed E-state index contributed by atoms with van der Waals surface area (Å²) in [5.41, 5.74) is 0. The average molecular weight is 519 g/mol. The van der Waals surface area contributed by atoms with Gasteiger partial charge in [0.1, 0.15) is 18.8 Å². The van der Waals surface area contributed by atoms with E-state index in [0.29, 0.717) is 0 Å². The molecule has 1 amide bonds. The summed E-state index contributed by atoms with van der Waals surface area (Å²) in [7, 11) is 0. The van der Waals surface area contributed by atoms with Crippen molar-refractivity contribution in [3.05, 3.63) is 0 Å². The second kappa shape index (κ2) is 12.8. The van der Waals surface area contributed by atoms with Crippen molar-refractivity contribution in [1.29, 1.82) is 0 Å². The van der Waals surface area contributed by atoms with E-state index in [4.69, 9.17) is 28.4 Å². The number of rotatable bonds is 10. The highest BCUT2D eigenvalue weighted by Crippen LogP contribution is 2.36. The van der Waals surface area contributed by atoms with Gasteiger partial charge in [0.05, 0.1) is 12.5 Å². The summed E-state index contributed by atoms with van der Waals surface area (Å²) in [6.07, 6.45) is -7.37. The van der Waals surface area contributed by atoms with Crippen LogP contribution in [0.25, 0.3) is 0 Å². The Labute approximate surface area is 205 Å². The lowest BCUT2D eigenvalue weighted by molar-refractivity contribution is -0.303. The van der Waals surface area contributed by atoms with Gasteiger partial charge in [0.15, 0.2) is 12.2 Å². The van der Waals surface area contributed by atoms with E-state index in [1.807, 2.05) is 0 Å². The number of hydrogen-bond donors (Lipinski definition) is 2. The Morgan fingerprint density at radius 3 is 1.89 bits per heavy atom. The summed E-state index contributed by atoms with van der Waals surface area (Å²) < 4.78 is 31.1. The first-order valence-corrected chi connectivity index (χ1v) is 10.6. The first-order chi connectivity index (χ1) is 16.6. The molecule has 15 nitrogen and oxygen atoms in total. The molecule has 1 aliphatic heterocycles. The number of carboxylic acids is 1. The molecule has 1 rings (SSSR count). The van der Waals surface area contributed by atoms with Gasteiger partial charge in [-0.3, -0.25) is 28.8 Å². The molecule has 0 aromatic heterocycles. The normalized spacial score (nSPS) is 24.8. The Hall–Kier alpha value is -3.75. The fourth-order valence-corrected chi connectivity index (χ4v) is 3.59. The standard InChI is InChI=1S/C21H29NO14/c1-9(23)22-17-15(32-11(3)25)7-21(20(29)30,35-14(6)28)36-19(17)18(34-13(5)27)16(33-12(4)26)8-31-10(2)24/h15-19H,7-8H2,1-6H3,(H,22,23)(H,29,30)/t15-,16+,17+,18+,19+,21?/m0/s1. The third-order valence-corrected chi connectivity index (χ3v) is 4.63. The highest BCUT2D eigenvalue weighted by molar-refractivity contribution is 5.80. The molecule has 1 fully saturated rings. The van der Waals surface area contributed by atoms with Crippen LogP contribution in [0.15, 0.2) is 0 Å². The van der Waals surface area contributed by atoms with Crippen LogP contribution in [-0.2, 0) is 62.0 Å². The van der Waals surface area contributed by atoms with Crippen molar-refractivity contribution in [2.75, 3.05) is 6.61 Å². The van der Waals surface area contributed by atoms with Crippen LogP contribution in [0.3, 0.4) is 0 Å². The van der Waals surface area contributed by atoms with E-state index in [0.717, 1.165) is 41.5 Å². The van der Waals surface area contributed by atoms with E-state index >= 15 is 0 Å². The van der Waals surface area contributed by atoms with Crippen LogP contribution in [0.4, 0.5) is 0 Å². The van der Waals surface area contributed by atoms with Crippen molar-refractivity contribution in [2.45, 2.75) is 84.2 Å². The fraction of sp³-hybridized carbons (Fsp3) is 0.667. The topological polar surface area (TPSA) is 207 Å². The second-order valence-electron chi connectivity index (χ2n) is 7.84. The van der Waals surface area contributed by atoms with Crippen molar-refractivity contribution in [2.24, 2.45) is 0 Å². The number of carbonyl (C=O) groups is 7. The molecule has 36 heavy (non-hydrogen) atoms. The Balaban J connectivity index is 3.78. The highest BCUT2D eigenvalue weighted by atomic mass is 16.7. The maximum absolute atomic E-state index is 12.2. The quantitative estimate of drug-likeness (QED) is 0.262. The first kappa shape index (κ1) is 30.3. The Morgan fingerprint density at radius 1 is 0.889 bits per heavy atom. The smallest absolute Gasteiger partial charge is 0.377 e. The summed E-state index contributed by atoms with van der Waals surface area (Å²) in [6, 6.07) is -1.41. The molecule has 202 valence electrons. The Morgan fingerprint density at radius 2 is 1.47 bits per heavy atom. The minimum Gasteiger partial charge on any atom is -0.476 e. The van der Waals surface area contributed by atoms with E-state index in [2.05, 4.69) is 5.32 Å². The zero-order valence-corrected chi connectivity index (χ0v) is 20.6. The largest absolute Gasteiger partial charge is 0.476 e. The van der Waals surface area contributed by atoms with E-state index in [9.17, 15) is 38.7 Å². The summed E-state index contributed by atoms with van der Waals surface area (Å²) in [5.74, 6) is -9.92. The molecule has 0 aromatic carbocycles. The lowest BCUT2D eigenvalue weighted by Gasteiger charge is -2.47. The predicted octanol–water partition coefficient (Wildman–Crippen LogP) is -1.02. The molecule has 1 heterocycles. The van der Waals surface area contributed by atoms with Crippen LogP contribution in [0.2, 0.25) is 0 Å². The molecule has 1 saturated heterocycles. The van der Waals surface area contributed by atoms with Crippen molar-refractivity contribution in [3.8, 4) is 0 Å². The zero-order valence-electron chi connectivity index (χ0n) is 20.6. The van der Waals surface area contributed by atoms with Gasteiger partial charge in [0, 0.05) is 41.5 Å². The second-order valence-corrected chi connectivity index (χ2v) is 7.84. The molecule has 1 aliphatic rings. The van der Waals surface area contributed by atoms with Crippen LogP contribution < -0.4 is 5.32 Å². The molecule has 6 atom stereocenters. The molecule has 15 heteroatoms. The lowest BCUT2D eigenvalue weighted by atomic mass is 9.88. The van der Waals surface area contributed by atoms with Crippen molar-refractivity contribution < 1.29 is 67.1 Å². The van der Waals surface area contributed by atoms with Gasteiger partial charge in [-0.15, -0.1) is 0 Å². The van der Waals surface area contributed by atoms with Gasteiger partial charge in [-0.2, -0.15) is 0 Å². The number of hydrogen-bond acceptors (Lipinski definition) is 13. The summed E-state index contributed by atoms with van der Waals surface area (Å²) in [4.78, 5) is 83.0. The van der Waals surface area contributed by atoms with Crippen LogP contribution in [0.5, 0.6) is 0 Å². The summed E-state index contributed by atoms with van der Waals surface area (Å²) >= 11 is 0. The van der Waals surface area contributed by atoms with Crippen molar-refractivity contribution >= 4 is 41.7 Å². The molecule has 2 N–H and O–H groups in total. The third-order valence-electron chi connectivity index (χ3n) is 4.63. The third kappa shape index (κ3) is 8.79. The Bertz CT molecular complexity index is 901. The van der Waals surface area contributed by atoms with Gasteiger partial charge >= 0.3 is 41.6 Å². The molecular formula is C21H29NO14. The van der Waals surface area contributed by atoms with E-state index < -0.39 is 91.0 Å². The van der Waals surface area contributed by atoms with Gasteiger partial charge in [-0.1, -0.05) is 0 Å². The summed E-state index contributed by atoms with van der Waals surface area (Å²) in [5, 5.41) is 12.3. The molecule has 0 aromatic rings. The van der Waals surface area contributed by atoms with Gasteiger partial charge in [0.25, 0.3) is 0 Å². The molecular weight excluding hydrogens is 490 g/mol. The molecule has 0 spiro atoms. The van der Waals surface area contributed by atoms with E-state index in [1.165, 1.54) is 0 Å². The van der Waals surface area contributed by atoms with Crippen LogP contribution in [0.1, 0.15) is 48.0 Å². The van der Waals surface area contributed by atoms with E-state index in [-0.39, 0.29) is 0 Å². The molecule has 0 aliphatic carbocycles. The first-order valence-electron chi connectivity index (χ1n) is 10.6. The number of amides is 1. The number of ether oxygens (including phenoxy) is 6. The van der Waals surface area contributed by atoms with Crippen molar-refractivity contribution in [1.82, 2.24) is 5.32 Å². The van der Waals surface area contributed by atoms with Crippen LogP contribution in [0, 0.1) is 0 Å². The molecule has 0 bridgehead atoms. The molecule has 0 radical (unpaired) electrons. The molecule has 0 saturated carbocycles. The van der Waals surface area contributed by atoms with E-state index in [1.54, 1.807) is 0 Å². The van der Waals surface area contributed by atoms with Crippen molar-refractivity contribution in [3.63, 3.8) is 0 Å². The SMILES string of the molecule is CC(=O)N[C@H]1[C@H]([C@H](OC(C)=O)[C@@H](COC(C)=O)OC(C)=O)OC(OC(C)=O)(C(=O)O)C[C@@H]1OC(C)=O. The van der Waals surface area contributed by atoms with Gasteiger partial charge in [-0.25, -0.2) is 4.79 Å². The van der Waals surface area contributed by atoms with Gasteiger partial charge in [-0.05, 0) is 0 Å². The Kier molecular flexibility index (Phi) is 10.8.